The van der Waals surface area contributed by atoms with Crippen molar-refractivity contribution in [3.05, 3.63) is 0 Å². The summed E-state index contributed by atoms with van der Waals surface area (Å²) >= 11 is 0. The molecule has 0 bridgehead atoms. The highest BCUT2D eigenvalue weighted by Gasteiger charge is 2.35. The molecule has 0 spiro atoms. The van der Waals surface area contributed by atoms with E-state index in [9.17, 15) is 5.11 Å². The van der Waals surface area contributed by atoms with Crippen LogP contribution in [0, 0.1) is 0 Å². The molecular formula is C15H31NO2. The van der Waals surface area contributed by atoms with Gasteiger partial charge in [-0.25, -0.2) is 0 Å². The Morgan fingerprint density at radius 2 is 1.89 bits per heavy atom. The molecule has 2 unspecified atom stereocenters. The van der Waals surface area contributed by atoms with Gasteiger partial charge in [-0.15, -0.1) is 0 Å². The maximum Gasteiger partial charge on any atom is 0.0656 e. The highest BCUT2D eigenvalue weighted by molar-refractivity contribution is 4.87. The van der Waals surface area contributed by atoms with Crippen LogP contribution in [0.4, 0.5) is 0 Å². The van der Waals surface area contributed by atoms with Gasteiger partial charge in [0.2, 0.25) is 0 Å². The minimum absolute atomic E-state index is 0.00952. The summed E-state index contributed by atoms with van der Waals surface area (Å²) < 4.78 is 5.95. The van der Waals surface area contributed by atoms with Crippen molar-refractivity contribution in [2.45, 2.75) is 90.1 Å². The predicted octanol–water partition coefficient (Wildman–Crippen LogP) is 2.86. The minimum atomic E-state index is -0.636. The van der Waals surface area contributed by atoms with Crippen molar-refractivity contribution >= 4 is 0 Å². The Morgan fingerprint density at radius 3 is 2.33 bits per heavy atom. The van der Waals surface area contributed by atoms with E-state index in [-0.39, 0.29) is 17.2 Å². The third-order valence-corrected chi connectivity index (χ3v) is 3.54. The molecule has 108 valence electrons. The van der Waals surface area contributed by atoms with E-state index in [1.807, 2.05) is 6.92 Å². The molecule has 0 saturated carbocycles. The van der Waals surface area contributed by atoms with Gasteiger partial charge in [-0.1, -0.05) is 0 Å². The van der Waals surface area contributed by atoms with Crippen LogP contribution in [-0.2, 0) is 4.74 Å². The van der Waals surface area contributed by atoms with Gasteiger partial charge < -0.3 is 15.2 Å². The molecule has 3 heteroatoms. The van der Waals surface area contributed by atoms with E-state index in [0.717, 1.165) is 32.2 Å². The summed E-state index contributed by atoms with van der Waals surface area (Å²) in [5.41, 5.74) is -0.532. The van der Waals surface area contributed by atoms with E-state index in [1.165, 1.54) is 0 Å². The van der Waals surface area contributed by atoms with Gasteiger partial charge in [0.15, 0.2) is 0 Å². The summed E-state index contributed by atoms with van der Waals surface area (Å²) in [6.07, 6.45) is 3.88. The fraction of sp³-hybridized carbons (Fsp3) is 1.00. The number of nitrogens with one attached hydrogen (secondary N) is 1. The third-order valence-electron chi connectivity index (χ3n) is 3.54. The number of hydrogen-bond acceptors (Lipinski definition) is 3. The predicted molar refractivity (Wildman–Crippen MR) is 75.8 cm³/mol. The molecule has 1 rings (SSSR count). The Balaban J connectivity index is 2.32. The molecule has 2 N–H and O–H groups in total. The van der Waals surface area contributed by atoms with Gasteiger partial charge in [0.1, 0.15) is 0 Å². The molecular weight excluding hydrogens is 226 g/mol. The first-order valence-corrected chi connectivity index (χ1v) is 7.14. The molecule has 18 heavy (non-hydrogen) atoms. The molecule has 1 aliphatic rings. The average molecular weight is 257 g/mol. The van der Waals surface area contributed by atoms with Crippen molar-refractivity contribution in [1.82, 2.24) is 5.32 Å². The average Bonchev–Trinajstić information content (AvgIpc) is 2.41. The van der Waals surface area contributed by atoms with Gasteiger partial charge in [-0.3, -0.25) is 0 Å². The van der Waals surface area contributed by atoms with Crippen molar-refractivity contribution in [2.24, 2.45) is 0 Å². The van der Waals surface area contributed by atoms with Crippen LogP contribution in [0.1, 0.15) is 67.2 Å². The Morgan fingerprint density at radius 1 is 1.28 bits per heavy atom. The van der Waals surface area contributed by atoms with Crippen LogP contribution in [0.15, 0.2) is 0 Å². The van der Waals surface area contributed by atoms with E-state index in [4.69, 9.17) is 4.74 Å². The van der Waals surface area contributed by atoms with Gasteiger partial charge in [0, 0.05) is 12.0 Å². The van der Waals surface area contributed by atoms with Crippen molar-refractivity contribution in [3.63, 3.8) is 0 Å². The van der Waals surface area contributed by atoms with Gasteiger partial charge in [-0.05, 0) is 67.3 Å². The SMILES string of the molecule is CC(O)(CCNC(C)(C)C)CC1CCC(C)(C)O1. The molecule has 0 radical (unpaired) electrons. The number of ether oxygens (including phenoxy) is 1. The lowest BCUT2D eigenvalue weighted by atomic mass is 9.92. The molecule has 1 heterocycles. The quantitative estimate of drug-likeness (QED) is 0.796. The van der Waals surface area contributed by atoms with Crippen LogP contribution < -0.4 is 5.32 Å². The smallest absolute Gasteiger partial charge is 0.0656 e. The van der Waals surface area contributed by atoms with Crippen LogP contribution in [0.2, 0.25) is 0 Å². The maximum absolute atomic E-state index is 10.4. The minimum Gasteiger partial charge on any atom is -0.390 e. The zero-order valence-electron chi connectivity index (χ0n) is 13.0. The summed E-state index contributed by atoms with van der Waals surface area (Å²) in [6, 6.07) is 0. The first-order valence-electron chi connectivity index (χ1n) is 7.14. The number of hydrogen-bond donors (Lipinski definition) is 2. The van der Waals surface area contributed by atoms with E-state index in [1.54, 1.807) is 0 Å². The second-order valence-electron chi connectivity index (χ2n) is 7.67. The molecule has 3 nitrogen and oxygen atoms in total. The molecule has 0 aliphatic carbocycles. The molecule has 0 aromatic carbocycles. The first kappa shape index (κ1) is 15.9. The topological polar surface area (TPSA) is 41.5 Å². The van der Waals surface area contributed by atoms with Crippen molar-refractivity contribution in [3.8, 4) is 0 Å². The second-order valence-corrected chi connectivity index (χ2v) is 7.67. The lowest BCUT2D eigenvalue weighted by Gasteiger charge is -2.29. The zero-order chi connectivity index (χ0) is 14.0. The molecule has 0 aromatic heterocycles. The van der Waals surface area contributed by atoms with Crippen LogP contribution in [-0.4, -0.2) is 34.5 Å². The molecule has 1 saturated heterocycles. The van der Waals surface area contributed by atoms with Crippen LogP contribution in [0.3, 0.4) is 0 Å². The summed E-state index contributed by atoms with van der Waals surface area (Å²) in [7, 11) is 0. The fourth-order valence-corrected chi connectivity index (χ4v) is 2.52. The van der Waals surface area contributed by atoms with Crippen LogP contribution in [0.5, 0.6) is 0 Å². The molecule has 0 amide bonds. The number of aliphatic hydroxyl groups is 1. The van der Waals surface area contributed by atoms with E-state index in [0.29, 0.717) is 0 Å². The molecule has 1 aliphatic heterocycles. The maximum atomic E-state index is 10.4. The van der Waals surface area contributed by atoms with E-state index in [2.05, 4.69) is 39.9 Å². The highest BCUT2D eigenvalue weighted by atomic mass is 16.5. The van der Waals surface area contributed by atoms with Gasteiger partial charge in [-0.2, -0.15) is 0 Å². The van der Waals surface area contributed by atoms with Gasteiger partial charge >= 0.3 is 0 Å². The second kappa shape index (κ2) is 5.48. The normalized spacial score (nSPS) is 27.2. The largest absolute Gasteiger partial charge is 0.390 e. The molecule has 2 atom stereocenters. The Bertz CT molecular complexity index is 266. The zero-order valence-corrected chi connectivity index (χ0v) is 13.0. The van der Waals surface area contributed by atoms with Crippen molar-refractivity contribution < 1.29 is 9.84 Å². The standard InChI is InChI=1S/C15H31NO2/c1-13(2,3)16-10-9-15(6,17)11-12-7-8-14(4,5)18-12/h12,16-17H,7-11H2,1-6H3. The van der Waals surface area contributed by atoms with Crippen LogP contribution >= 0.6 is 0 Å². The van der Waals surface area contributed by atoms with Crippen molar-refractivity contribution in [1.29, 1.82) is 0 Å². The lowest BCUT2D eigenvalue weighted by molar-refractivity contribution is -0.0605. The Hall–Kier alpha value is -0.120. The summed E-state index contributed by atoms with van der Waals surface area (Å²) in [4.78, 5) is 0. The monoisotopic (exact) mass is 257 g/mol. The Labute approximate surface area is 112 Å². The lowest BCUT2D eigenvalue weighted by Crippen LogP contribution is -2.40. The summed E-state index contributed by atoms with van der Waals surface area (Å²) in [5.74, 6) is 0. The highest BCUT2D eigenvalue weighted by Crippen LogP contribution is 2.34. The Kier molecular flexibility index (Phi) is 4.85. The van der Waals surface area contributed by atoms with E-state index < -0.39 is 5.60 Å². The van der Waals surface area contributed by atoms with E-state index >= 15 is 0 Å². The molecule has 1 fully saturated rings. The fourth-order valence-electron chi connectivity index (χ4n) is 2.52. The van der Waals surface area contributed by atoms with Crippen LogP contribution in [0.25, 0.3) is 0 Å². The summed E-state index contributed by atoms with van der Waals surface area (Å²) in [5, 5.41) is 13.8. The van der Waals surface area contributed by atoms with Crippen molar-refractivity contribution in [2.75, 3.05) is 6.54 Å². The van der Waals surface area contributed by atoms with Gasteiger partial charge in [0.25, 0.3) is 0 Å². The van der Waals surface area contributed by atoms with Gasteiger partial charge in [0.05, 0.1) is 17.3 Å². The number of rotatable bonds is 5. The third kappa shape index (κ3) is 6.17. The molecule has 0 aromatic rings. The first-order chi connectivity index (χ1) is 7.99. The summed E-state index contributed by atoms with van der Waals surface area (Å²) in [6.45, 7) is 13.4.